The lowest BCUT2D eigenvalue weighted by molar-refractivity contribution is 0.123. The molecule has 0 radical (unpaired) electrons. The smallest absolute Gasteiger partial charge is 0.127 e. The zero-order valence-electron chi connectivity index (χ0n) is 11.6. The molecule has 0 spiro atoms. The van der Waals surface area contributed by atoms with E-state index >= 15 is 0 Å². The molecule has 1 aromatic rings. The molecule has 0 fully saturated rings. The number of benzene rings is 1. The van der Waals surface area contributed by atoms with Crippen LogP contribution in [-0.2, 0) is 6.54 Å². The normalized spacial score (nSPS) is 12.6. The quantitative estimate of drug-likeness (QED) is 0.778. The summed E-state index contributed by atoms with van der Waals surface area (Å²) in [5.74, 6) is 1.83. The summed E-state index contributed by atoms with van der Waals surface area (Å²) >= 11 is 0. The summed E-state index contributed by atoms with van der Waals surface area (Å²) in [5.41, 5.74) is 1.05. The molecule has 0 saturated heterocycles. The van der Waals surface area contributed by atoms with Crippen molar-refractivity contribution in [2.45, 2.75) is 26.5 Å². The molecule has 2 N–H and O–H groups in total. The lowest BCUT2D eigenvalue weighted by atomic mass is 10.1. The van der Waals surface area contributed by atoms with Gasteiger partial charge in [-0.1, -0.05) is 19.9 Å². The molecule has 0 aliphatic heterocycles. The van der Waals surface area contributed by atoms with Crippen LogP contribution in [0, 0.1) is 5.92 Å². The van der Waals surface area contributed by atoms with Gasteiger partial charge in [0.25, 0.3) is 0 Å². The van der Waals surface area contributed by atoms with E-state index in [4.69, 9.17) is 9.47 Å². The van der Waals surface area contributed by atoms with Crippen LogP contribution in [0.5, 0.6) is 11.5 Å². The Kier molecular flexibility index (Phi) is 5.95. The number of hydrogen-bond donors (Lipinski definition) is 2. The monoisotopic (exact) mass is 253 g/mol. The fourth-order valence-electron chi connectivity index (χ4n) is 1.59. The average molecular weight is 253 g/mol. The third-order valence-electron chi connectivity index (χ3n) is 2.93. The topological polar surface area (TPSA) is 50.7 Å². The first-order chi connectivity index (χ1) is 8.58. The average Bonchev–Trinajstić information content (AvgIpc) is 2.38. The highest BCUT2D eigenvalue weighted by atomic mass is 16.5. The van der Waals surface area contributed by atoms with Crippen LogP contribution in [0.15, 0.2) is 18.2 Å². The van der Waals surface area contributed by atoms with Crippen molar-refractivity contribution in [3.63, 3.8) is 0 Å². The van der Waals surface area contributed by atoms with Gasteiger partial charge in [0, 0.05) is 24.7 Å². The van der Waals surface area contributed by atoms with E-state index in [1.165, 1.54) is 0 Å². The number of rotatable bonds is 7. The lowest BCUT2D eigenvalue weighted by Crippen LogP contribution is -2.30. The van der Waals surface area contributed by atoms with E-state index in [2.05, 4.69) is 5.32 Å². The number of ether oxygens (including phenoxy) is 2. The molecule has 0 aromatic heterocycles. The lowest BCUT2D eigenvalue weighted by Gasteiger charge is -2.16. The third-order valence-corrected chi connectivity index (χ3v) is 2.93. The highest BCUT2D eigenvalue weighted by molar-refractivity contribution is 5.40. The Hall–Kier alpha value is -1.26. The Morgan fingerprint density at radius 1 is 1.22 bits per heavy atom. The van der Waals surface area contributed by atoms with Gasteiger partial charge in [-0.05, 0) is 12.0 Å². The number of aliphatic hydroxyl groups is 1. The minimum atomic E-state index is -0.325. The van der Waals surface area contributed by atoms with Crippen molar-refractivity contribution in [1.82, 2.24) is 5.32 Å². The second-order valence-electron chi connectivity index (χ2n) is 4.62. The van der Waals surface area contributed by atoms with E-state index in [0.717, 1.165) is 17.1 Å². The molecule has 102 valence electrons. The van der Waals surface area contributed by atoms with E-state index in [1.54, 1.807) is 14.2 Å². The first-order valence-corrected chi connectivity index (χ1v) is 6.18. The van der Waals surface area contributed by atoms with Gasteiger partial charge in [0.2, 0.25) is 0 Å². The fourth-order valence-corrected chi connectivity index (χ4v) is 1.59. The van der Waals surface area contributed by atoms with Gasteiger partial charge in [0.1, 0.15) is 11.5 Å². The number of nitrogens with one attached hydrogen (secondary N) is 1. The maximum atomic E-state index is 9.70. The molecule has 4 heteroatoms. The van der Waals surface area contributed by atoms with Gasteiger partial charge in [-0.25, -0.2) is 0 Å². The summed E-state index contributed by atoms with van der Waals surface area (Å²) in [5, 5.41) is 12.9. The highest BCUT2D eigenvalue weighted by Crippen LogP contribution is 2.24. The first kappa shape index (κ1) is 14.8. The Balaban J connectivity index is 2.56. The van der Waals surface area contributed by atoms with Gasteiger partial charge in [-0.15, -0.1) is 0 Å². The van der Waals surface area contributed by atoms with Gasteiger partial charge >= 0.3 is 0 Å². The molecule has 0 amide bonds. The van der Waals surface area contributed by atoms with Crippen molar-refractivity contribution in [2.75, 3.05) is 20.8 Å². The number of hydrogen-bond acceptors (Lipinski definition) is 4. The van der Waals surface area contributed by atoms with Crippen molar-refractivity contribution in [3.05, 3.63) is 23.8 Å². The number of aliphatic hydroxyl groups excluding tert-OH is 1. The van der Waals surface area contributed by atoms with Crippen LogP contribution >= 0.6 is 0 Å². The van der Waals surface area contributed by atoms with Gasteiger partial charge in [0.15, 0.2) is 0 Å². The molecule has 1 unspecified atom stereocenters. The van der Waals surface area contributed by atoms with Gasteiger partial charge in [-0.3, -0.25) is 0 Å². The maximum absolute atomic E-state index is 9.70. The molecule has 0 aliphatic rings. The van der Waals surface area contributed by atoms with Crippen LogP contribution < -0.4 is 14.8 Å². The molecular formula is C14H23NO3. The molecular weight excluding hydrogens is 230 g/mol. The minimum absolute atomic E-state index is 0.260. The fraction of sp³-hybridized carbons (Fsp3) is 0.571. The largest absolute Gasteiger partial charge is 0.497 e. The second kappa shape index (κ2) is 7.24. The number of methoxy groups -OCH3 is 2. The molecule has 0 aliphatic carbocycles. The Morgan fingerprint density at radius 2 is 1.94 bits per heavy atom. The zero-order chi connectivity index (χ0) is 13.5. The van der Waals surface area contributed by atoms with Crippen LogP contribution in [0.3, 0.4) is 0 Å². The minimum Gasteiger partial charge on any atom is -0.497 e. The molecule has 0 heterocycles. The Morgan fingerprint density at radius 3 is 2.50 bits per heavy atom. The Bertz CT molecular complexity index is 366. The van der Waals surface area contributed by atoms with Crippen molar-refractivity contribution in [1.29, 1.82) is 0 Å². The van der Waals surface area contributed by atoms with E-state index in [0.29, 0.717) is 13.1 Å². The predicted octanol–water partition coefficient (Wildman–Crippen LogP) is 1.81. The summed E-state index contributed by atoms with van der Waals surface area (Å²) in [6, 6.07) is 5.72. The molecule has 1 atom stereocenters. The van der Waals surface area contributed by atoms with Crippen molar-refractivity contribution in [3.8, 4) is 11.5 Å². The summed E-state index contributed by atoms with van der Waals surface area (Å²) in [7, 11) is 3.27. The SMILES string of the molecule is COc1ccc(CNCC(O)C(C)C)c(OC)c1. The van der Waals surface area contributed by atoms with E-state index in [1.807, 2.05) is 32.0 Å². The molecule has 18 heavy (non-hydrogen) atoms. The van der Waals surface area contributed by atoms with Crippen molar-refractivity contribution < 1.29 is 14.6 Å². The summed E-state index contributed by atoms with van der Waals surface area (Å²) in [4.78, 5) is 0. The highest BCUT2D eigenvalue weighted by Gasteiger charge is 2.09. The predicted molar refractivity (Wildman–Crippen MR) is 72.1 cm³/mol. The van der Waals surface area contributed by atoms with Crippen LogP contribution in [-0.4, -0.2) is 32.0 Å². The van der Waals surface area contributed by atoms with Gasteiger partial charge in [-0.2, -0.15) is 0 Å². The second-order valence-corrected chi connectivity index (χ2v) is 4.62. The molecule has 1 rings (SSSR count). The first-order valence-electron chi connectivity index (χ1n) is 6.18. The molecule has 0 saturated carbocycles. The Labute approximate surface area is 109 Å². The summed E-state index contributed by atoms with van der Waals surface area (Å²) < 4.78 is 10.5. The van der Waals surface area contributed by atoms with Gasteiger partial charge < -0.3 is 19.9 Å². The van der Waals surface area contributed by atoms with Crippen molar-refractivity contribution in [2.24, 2.45) is 5.92 Å². The zero-order valence-corrected chi connectivity index (χ0v) is 11.6. The van der Waals surface area contributed by atoms with E-state index in [-0.39, 0.29) is 12.0 Å². The summed E-state index contributed by atoms with van der Waals surface area (Å²) in [6.07, 6.45) is -0.325. The van der Waals surface area contributed by atoms with Crippen LogP contribution in [0.25, 0.3) is 0 Å². The van der Waals surface area contributed by atoms with E-state index < -0.39 is 0 Å². The van der Waals surface area contributed by atoms with Crippen LogP contribution in [0.2, 0.25) is 0 Å². The van der Waals surface area contributed by atoms with Crippen LogP contribution in [0.4, 0.5) is 0 Å². The third kappa shape index (κ3) is 4.20. The maximum Gasteiger partial charge on any atom is 0.127 e. The van der Waals surface area contributed by atoms with E-state index in [9.17, 15) is 5.11 Å². The molecule has 4 nitrogen and oxygen atoms in total. The van der Waals surface area contributed by atoms with Gasteiger partial charge in [0.05, 0.1) is 20.3 Å². The van der Waals surface area contributed by atoms with Crippen molar-refractivity contribution >= 4 is 0 Å². The van der Waals surface area contributed by atoms with Crippen LogP contribution in [0.1, 0.15) is 19.4 Å². The standard InChI is InChI=1S/C14H23NO3/c1-10(2)13(16)9-15-8-11-5-6-12(17-3)7-14(11)18-4/h5-7,10,13,15-16H,8-9H2,1-4H3. The summed E-state index contributed by atoms with van der Waals surface area (Å²) in [6.45, 7) is 5.24. The molecule has 0 bridgehead atoms. The molecule has 1 aromatic carbocycles.